The van der Waals surface area contributed by atoms with Crippen LogP contribution in [0.25, 0.3) is 0 Å². The van der Waals surface area contributed by atoms with E-state index in [4.69, 9.17) is 39.5 Å². The van der Waals surface area contributed by atoms with Crippen molar-refractivity contribution < 1.29 is 39.5 Å². The minimum Gasteiger partial charge on any atom is -0.459 e. The molecule has 0 spiro atoms. The molecule has 0 aliphatic rings. The molecule has 0 N–H and O–H groups in total. The minimum absolute atomic E-state index is 0.266. The monoisotopic (exact) mass is 648 g/mol. The summed E-state index contributed by atoms with van der Waals surface area (Å²) >= 11 is 0. The first-order chi connectivity index (χ1) is 17.8. The van der Waals surface area contributed by atoms with E-state index in [1.807, 2.05) is 41.5 Å². The lowest BCUT2D eigenvalue weighted by atomic mass is 10.9. The number of hydrogen-bond acceptors (Lipinski definition) is 9. The average molecular weight is 649 g/mol. The molecule has 0 radical (unpaired) electrons. The molecule has 0 amide bonds. The van der Waals surface area contributed by atoms with E-state index in [1.165, 1.54) is 0 Å². The van der Waals surface area contributed by atoms with Gasteiger partial charge < -0.3 is 39.5 Å². The van der Waals surface area contributed by atoms with Gasteiger partial charge in [-0.15, -0.1) is 0 Å². The van der Waals surface area contributed by atoms with Crippen molar-refractivity contribution in [1.82, 2.24) is 0 Å². The van der Waals surface area contributed by atoms with E-state index in [-0.39, 0.29) is 5.91 Å². The Balaban J connectivity index is 5.55. The fourth-order valence-corrected chi connectivity index (χ4v) is 22.6. The van der Waals surface area contributed by atoms with Crippen molar-refractivity contribution in [1.29, 1.82) is 0 Å². The third-order valence-electron chi connectivity index (χ3n) is 5.72. The maximum Gasteiger partial charge on any atom is 0.500 e. The van der Waals surface area contributed by atoms with Gasteiger partial charge in [0.25, 0.3) is 0 Å². The zero-order valence-electron chi connectivity index (χ0n) is 26.6. The second-order valence-corrected chi connectivity index (χ2v) is 28.9. The molecule has 0 saturated carbocycles. The Kier molecular flexibility index (Phi) is 20.4. The summed E-state index contributed by atoms with van der Waals surface area (Å²) in [6, 6.07) is 3.26. The molecule has 0 fully saturated rings. The second-order valence-electron chi connectivity index (χ2n) is 10.5. The summed E-state index contributed by atoms with van der Waals surface area (Å²) in [4.78, 5) is 0. The largest absolute Gasteiger partial charge is 0.500 e. The molecule has 0 aromatic heterocycles. The molecule has 0 aromatic rings. The maximum atomic E-state index is 6.81. The highest BCUT2D eigenvalue weighted by Crippen LogP contribution is 2.29. The molecule has 0 aliphatic heterocycles. The summed E-state index contributed by atoms with van der Waals surface area (Å²) in [5.74, 6) is -0.266. The van der Waals surface area contributed by atoms with Crippen LogP contribution in [0.2, 0.25) is 63.5 Å². The molecule has 0 atom stereocenters. The smallest absolute Gasteiger partial charge is 0.459 e. The van der Waals surface area contributed by atoms with Crippen molar-refractivity contribution in [2.45, 2.75) is 111 Å². The normalized spacial score (nSPS) is 14.1. The standard InChI is InChI=1S/C23H60O9Si6/c1-13-24-37(25-14-2,26-15-3)21-19-35(9,10)30-23(33-32-34(7)8)31-36(11,12)20-22-38(27-16-4,28-17-5)29-18-6/h23,34H,13-22,33H2,1-12H3. The van der Waals surface area contributed by atoms with Crippen molar-refractivity contribution in [3.63, 3.8) is 0 Å². The van der Waals surface area contributed by atoms with Crippen LogP contribution in [0.5, 0.6) is 0 Å². The lowest BCUT2D eigenvalue weighted by molar-refractivity contribution is 0.0473. The quantitative estimate of drug-likeness (QED) is 0.101. The summed E-state index contributed by atoms with van der Waals surface area (Å²) in [5, 5.41) is 0. The average Bonchev–Trinajstić information content (AvgIpc) is 2.81. The predicted octanol–water partition coefficient (Wildman–Crippen LogP) is 4.89. The minimum atomic E-state index is -2.72. The molecule has 9 nitrogen and oxygen atoms in total. The SMILES string of the molecule is CCO[Si](CC[Si](C)(C)OC(O[Si](C)(C)CC[Si](OCC)(OCC)OCC)[SiH2]O[SiH](C)C)(OCC)OCC. The first kappa shape index (κ1) is 38.9. The fraction of sp³-hybridized carbons (Fsp3) is 1.00. The van der Waals surface area contributed by atoms with Crippen molar-refractivity contribution in [3.8, 4) is 0 Å². The van der Waals surface area contributed by atoms with Gasteiger partial charge in [-0.2, -0.15) is 0 Å². The van der Waals surface area contributed by atoms with Crippen LogP contribution in [0.1, 0.15) is 41.5 Å². The van der Waals surface area contributed by atoms with E-state index in [9.17, 15) is 0 Å². The van der Waals surface area contributed by atoms with Crippen LogP contribution < -0.4 is 0 Å². The Morgan fingerprint density at radius 3 is 1.05 bits per heavy atom. The third kappa shape index (κ3) is 16.4. The molecule has 0 unspecified atom stereocenters. The highest BCUT2D eigenvalue weighted by molar-refractivity contribution is 6.75. The van der Waals surface area contributed by atoms with Crippen LogP contribution in [0.15, 0.2) is 0 Å². The highest BCUT2D eigenvalue weighted by atomic mass is 28.4. The molecule has 0 bridgehead atoms. The van der Waals surface area contributed by atoms with Gasteiger partial charge in [-0.05, 0) is 92.9 Å². The molecule has 230 valence electrons. The van der Waals surface area contributed by atoms with Gasteiger partial charge in [0.2, 0.25) is 9.76 Å². The van der Waals surface area contributed by atoms with Gasteiger partial charge in [0.05, 0.1) is 0 Å². The maximum absolute atomic E-state index is 6.81. The zero-order chi connectivity index (χ0) is 29.3. The van der Waals surface area contributed by atoms with Crippen molar-refractivity contribution in [2.75, 3.05) is 39.6 Å². The van der Waals surface area contributed by atoms with Crippen LogP contribution >= 0.6 is 0 Å². The van der Waals surface area contributed by atoms with E-state index in [0.717, 1.165) is 24.2 Å². The Morgan fingerprint density at radius 1 is 0.526 bits per heavy atom. The second kappa shape index (κ2) is 20.0. The highest BCUT2D eigenvalue weighted by Gasteiger charge is 2.45. The molecule has 0 saturated heterocycles. The molecule has 0 aromatic carbocycles. The van der Waals surface area contributed by atoms with E-state index >= 15 is 0 Å². The van der Waals surface area contributed by atoms with Crippen LogP contribution in [0, 0.1) is 0 Å². The first-order valence-corrected chi connectivity index (χ1v) is 28.8. The van der Waals surface area contributed by atoms with Crippen LogP contribution in [0.3, 0.4) is 0 Å². The number of hydrogen-bond donors (Lipinski definition) is 0. The van der Waals surface area contributed by atoms with Gasteiger partial charge in [-0.1, -0.05) is 0 Å². The lowest BCUT2D eigenvalue weighted by Gasteiger charge is -2.37. The third-order valence-corrected chi connectivity index (χ3v) is 22.2. The summed E-state index contributed by atoms with van der Waals surface area (Å²) in [7, 11) is -11.9. The van der Waals surface area contributed by atoms with Crippen molar-refractivity contribution in [2.24, 2.45) is 0 Å². The number of rotatable bonds is 25. The molecular formula is C23H60O9Si6. The van der Waals surface area contributed by atoms with Gasteiger partial charge in [-0.25, -0.2) is 0 Å². The molecule has 15 heteroatoms. The topological polar surface area (TPSA) is 83.1 Å². The van der Waals surface area contributed by atoms with E-state index < -0.39 is 53.0 Å². The Bertz CT molecular complexity index is 524. The van der Waals surface area contributed by atoms with E-state index in [2.05, 4.69) is 39.3 Å². The fourth-order valence-electron chi connectivity index (χ4n) is 4.10. The molecular weight excluding hydrogens is 589 g/mol. The Morgan fingerprint density at radius 2 is 0.816 bits per heavy atom. The molecule has 0 aliphatic carbocycles. The predicted molar refractivity (Wildman–Crippen MR) is 170 cm³/mol. The molecule has 38 heavy (non-hydrogen) atoms. The van der Waals surface area contributed by atoms with Crippen LogP contribution in [0.4, 0.5) is 0 Å². The van der Waals surface area contributed by atoms with Crippen LogP contribution in [-0.2, 0) is 39.5 Å². The first-order valence-electron chi connectivity index (χ1n) is 14.6. The summed E-state index contributed by atoms with van der Waals surface area (Å²) in [6.45, 7) is 28.8. The lowest BCUT2D eigenvalue weighted by Crippen LogP contribution is -2.51. The molecule has 0 rings (SSSR count). The Hall–Kier alpha value is 0.941. The zero-order valence-corrected chi connectivity index (χ0v) is 33.2. The summed E-state index contributed by atoms with van der Waals surface area (Å²) in [6.07, 6.45) is 0. The van der Waals surface area contributed by atoms with Crippen molar-refractivity contribution in [3.05, 3.63) is 0 Å². The van der Waals surface area contributed by atoms with Crippen LogP contribution in [-0.4, -0.2) is 98.6 Å². The Labute approximate surface area is 242 Å². The van der Waals surface area contributed by atoms with Gasteiger partial charge >= 0.3 is 17.6 Å². The van der Waals surface area contributed by atoms with E-state index in [0.29, 0.717) is 39.6 Å². The van der Waals surface area contributed by atoms with Gasteiger partial charge in [0.15, 0.2) is 25.7 Å². The van der Waals surface area contributed by atoms with Gasteiger partial charge in [-0.3, -0.25) is 0 Å². The summed E-state index contributed by atoms with van der Waals surface area (Å²) in [5.41, 5.74) is 0. The molecule has 0 heterocycles. The van der Waals surface area contributed by atoms with Crippen molar-refractivity contribution >= 4 is 53.0 Å². The summed E-state index contributed by atoms with van der Waals surface area (Å²) < 4.78 is 56.4. The van der Waals surface area contributed by atoms with Gasteiger partial charge in [0, 0.05) is 51.7 Å². The van der Waals surface area contributed by atoms with Gasteiger partial charge in [0.1, 0.15) is 5.91 Å². The van der Waals surface area contributed by atoms with E-state index in [1.54, 1.807) is 0 Å².